The van der Waals surface area contributed by atoms with E-state index in [2.05, 4.69) is 25.1 Å². The molecule has 10 heteroatoms. The van der Waals surface area contributed by atoms with Crippen LogP contribution >= 0.6 is 0 Å². The molecule has 7 nitrogen and oxygen atoms in total. The van der Waals surface area contributed by atoms with E-state index in [-0.39, 0.29) is 17.9 Å². The summed E-state index contributed by atoms with van der Waals surface area (Å²) in [5, 5.41) is 6.88. The van der Waals surface area contributed by atoms with Crippen molar-refractivity contribution in [3.05, 3.63) is 99.9 Å². The maximum Gasteiger partial charge on any atom is 0.256 e. The average molecular weight is 448 g/mol. The number of fused-ring (bicyclic) bond motifs is 1. The lowest BCUT2D eigenvalue weighted by molar-refractivity contribution is 0.568. The van der Waals surface area contributed by atoms with E-state index in [1.807, 2.05) is 0 Å². The summed E-state index contributed by atoms with van der Waals surface area (Å²) < 4.78 is 44.0. The maximum atomic E-state index is 14.7. The van der Waals surface area contributed by atoms with Gasteiger partial charge in [0.1, 0.15) is 41.1 Å². The van der Waals surface area contributed by atoms with Crippen LogP contribution < -0.4 is 5.56 Å². The number of para-hydroxylation sites is 1. The van der Waals surface area contributed by atoms with Gasteiger partial charge in [0.05, 0.1) is 12.1 Å². The minimum absolute atomic E-state index is 0.00902. The van der Waals surface area contributed by atoms with Crippen molar-refractivity contribution in [2.75, 3.05) is 0 Å². The van der Waals surface area contributed by atoms with E-state index < -0.39 is 28.7 Å². The Kier molecular flexibility index (Phi) is 4.97. The molecule has 0 saturated carbocycles. The van der Waals surface area contributed by atoms with Gasteiger partial charge < -0.3 is 0 Å². The molecule has 5 rings (SSSR count). The number of hydrogen-bond acceptors (Lipinski definition) is 5. The highest BCUT2D eigenvalue weighted by molar-refractivity contribution is 5.92. The highest BCUT2D eigenvalue weighted by Crippen LogP contribution is 2.30. The number of aromatic nitrogens is 6. The van der Waals surface area contributed by atoms with Crippen molar-refractivity contribution in [2.24, 2.45) is 0 Å². The fourth-order valence-corrected chi connectivity index (χ4v) is 3.72. The molecule has 0 radical (unpaired) electrons. The first-order chi connectivity index (χ1) is 15.9. The van der Waals surface area contributed by atoms with Crippen molar-refractivity contribution in [1.82, 2.24) is 29.7 Å². The quantitative estimate of drug-likeness (QED) is 0.451. The summed E-state index contributed by atoms with van der Waals surface area (Å²) in [4.78, 5) is 26.0. The molecular weight excluding hydrogens is 433 g/mol. The Hall–Kier alpha value is -4.34. The van der Waals surface area contributed by atoms with Crippen LogP contribution in [0.4, 0.5) is 13.2 Å². The molecule has 0 aliphatic heterocycles. The van der Waals surface area contributed by atoms with Gasteiger partial charge in [-0.05, 0) is 48.9 Å². The summed E-state index contributed by atoms with van der Waals surface area (Å²) >= 11 is 0. The third-order valence-electron chi connectivity index (χ3n) is 5.19. The third-order valence-corrected chi connectivity index (χ3v) is 5.19. The Labute approximate surface area is 184 Å². The first-order valence-electron chi connectivity index (χ1n) is 9.90. The topological polar surface area (TPSA) is 89.3 Å². The van der Waals surface area contributed by atoms with Crippen LogP contribution in [0.5, 0.6) is 0 Å². The predicted molar refractivity (Wildman–Crippen MR) is 114 cm³/mol. The number of hydrogen-bond donors (Lipinski definition) is 1. The van der Waals surface area contributed by atoms with Crippen LogP contribution in [-0.4, -0.2) is 29.7 Å². The molecule has 3 heterocycles. The molecule has 5 aromatic rings. The van der Waals surface area contributed by atoms with E-state index in [1.54, 1.807) is 13.0 Å². The zero-order chi connectivity index (χ0) is 23.1. The summed E-state index contributed by atoms with van der Waals surface area (Å²) in [7, 11) is 0. The highest BCUT2D eigenvalue weighted by Gasteiger charge is 2.20. The number of H-pyrrole nitrogens is 1. The molecule has 0 spiro atoms. The van der Waals surface area contributed by atoms with Crippen LogP contribution in [0, 0.1) is 24.4 Å². The van der Waals surface area contributed by atoms with Crippen molar-refractivity contribution in [3.8, 4) is 16.9 Å². The predicted octanol–water partition coefficient (Wildman–Crippen LogP) is 3.88. The molecular formula is C23H15F3N6O. The van der Waals surface area contributed by atoms with Gasteiger partial charge in [-0.1, -0.05) is 6.07 Å². The Morgan fingerprint density at radius 3 is 2.48 bits per heavy atom. The van der Waals surface area contributed by atoms with Crippen LogP contribution in [0.25, 0.3) is 28.0 Å². The standard InChI is InChI=1S/C23H15F3N6O/c1-12-9-13(24)5-6-14(12)21-15-7-8-20(33)32(22-16(25)3-2-4-17(22)26)23(15)30-19(29-21)10-18-27-11-28-31-18/h2-9,11H,10H2,1H3,(H,27,28,31). The van der Waals surface area contributed by atoms with Crippen LogP contribution in [0.2, 0.25) is 0 Å². The maximum absolute atomic E-state index is 14.7. The fraction of sp³-hybridized carbons (Fsp3) is 0.0870. The highest BCUT2D eigenvalue weighted by atomic mass is 19.1. The third kappa shape index (κ3) is 3.65. The first kappa shape index (κ1) is 20.6. The van der Waals surface area contributed by atoms with Crippen molar-refractivity contribution in [2.45, 2.75) is 13.3 Å². The van der Waals surface area contributed by atoms with E-state index in [0.717, 1.165) is 16.7 Å². The van der Waals surface area contributed by atoms with Gasteiger partial charge in [0.2, 0.25) is 0 Å². The Balaban J connectivity index is 1.88. The normalized spacial score (nSPS) is 11.3. The molecule has 2 aromatic carbocycles. The van der Waals surface area contributed by atoms with Crippen molar-refractivity contribution in [1.29, 1.82) is 0 Å². The second-order valence-corrected chi connectivity index (χ2v) is 7.37. The van der Waals surface area contributed by atoms with Gasteiger partial charge >= 0.3 is 0 Å². The minimum Gasteiger partial charge on any atom is -0.269 e. The summed E-state index contributed by atoms with van der Waals surface area (Å²) in [6.07, 6.45) is 1.44. The SMILES string of the molecule is Cc1cc(F)ccc1-c1nc(Cc2ncn[nH]2)nc2c1ccc(=O)n2-c1c(F)cccc1F. The van der Waals surface area contributed by atoms with Gasteiger partial charge in [0.25, 0.3) is 5.56 Å². The van der Waals surface area contributed by atoms with E-state index in [9.17, 15) is 18.0 Å². The molecule has 0 bridgehead atoms. The van der Waals surface area contributed by atoms with Crippen LogP contribution in [-0.2, 0) is 6.42 Å². The minimum atomic E-state index is -0.917. The summed E-state index contributed by atoms with van der Waals surface area (Å²) in [5.41, 5.74) is 0.362. The molecule has 0 amide bonds. The van der Waals surface area contributed by atoms with Crippen molar-refractivity contribution >= 4 is 11.0 Å². The lowest BCUT2D eigenvalue weighted by Crippen LogP contribution is -2.21. The smallest absolute Gasteiger partial charge is 0.256 e. The van der Waals surface area contributed by atoms with E-state index in [4.69, 9.17) is 0 Å². The average Bonchev–Trinajstić information content (AvgIpc) is 3.28. The number of nitrogens with zero attached hydrogens (tertiary/aromatic N) is 5. The summed E-state index contributed by atoms with van der Waals surface area (Å²) in [5.74, 6) is -1.56. The molecule has 33 heavy (non-hydrogen) atoms. The van der Waals surface area contributed by atoms with Gasteiger partial charge in [0, 0.05) is 17.0 Å². The van der Waals surface area contributed by atoms with E-state index in [0.29, 0.717) is 28.0 Å². The van der Waals surface area contributed by atoms with E-state index >= 15 is 0 Å². The first-order valence-corrected chi connectivity index (χ1v) is 9.90. The second-order valence-electron chi connectivity index (χ2n) is 7.37. The summed E-state index contributed by atoms with van der Waals surface area (Å²) in [6.45, 7) is 1.72. The number of pyridine rings is 1. The number of nitrogens with one attached hydrogen (secondary N) is 1. The fourth-order valence-electron chi connectivity index (χ4n) is 3.72. The number of benzene rings is 2. The van der Waals surface area contributed by atoms with Gasteiger partial charge in [0.15, 0.2) is 5.65 Å². The Morgan fingerprint density at radius 2 is 1.79 bits per heavy atom. The zero-order valence-corrected chi connectivity index (χ0v) is 17.2. The zero-order valence-electron chi connectivity index (χ0n) is 17.2. The molecule has 0 aliphatic rings. The molecule has 3 aromatic heterocycles. The molecule has 164 valence electrons. The summed E-state index contributed by atoms with van der Waals surface area (Å²) in [6, 6.07) is 10.2. The second kappa shape index (κ2) is 7.97. The van der Waals surface area contributed by atoms with Crippen LogP contribution in [0.1, 0.15) is 17.2 Å². The van der Waals surface area contributed by atoms with Gasteiger partial charge in [-0.3, -0.25) is 14.5 Å². The Bertz CT molecular complexity index is 1540. The number of rotatable bonds is 4. The van der Waals surface area contributed by atoms with Gasteiger partial charge in [-0.25, -0.2) is 28.1 Å². The van der Waals surface area contributed by atoms with E-state index in [1.165, 1.54) is 36.7 Å². The van der Waals surface area contributed by atoms with Crippen LogP contribution in [0.15, 0.2) is 59.7 Å². The monoisotopic (exact) mass is 448 g/mol. The number of halogens is 3. The molecule has 0 fully saturated rings. The lowest BCUT2D eigenvalue weighted by atomic mass is 10.0. The molecule has 1 N–H and O–H groups in total. The largest absolute Gasteiger partial charge is 0.269 e. The Morgan fingerprint density at radius 1 is 1.00 bits per heavy atom. The molecule has 0 atom stereocenters. The van der Waals surface area contributed by atoms with Crippen molar-refractivity contribution < 1.29 is 13.2 Å². The lowest BCUT2D eigenvalue weighted by Gasteiger charge is -2.15. The van der Waals surface area contributed by atoms with Gasteiger partial charge in [-0.2, -0.15) is 5.10 Å². The molecule has 0 unspecified atom stereocenters. The van der Waals surface area contributed by atoms with Gasteiger partial charge in [-0.15, -0.1) is 0 Å². The molecule has 0 saturated heterocycles. The molecule has 0 aliphatic carbocycles. The van der Waals surface area contributed by atoms with Crippen LogP contribution in [0.3, 0.4) is 0 Å². The number of aryl methyl sites for hydroxylation is 1. The number of aromatic amines is 1. The van der Waals surface area contributed by atoms with Crippen molar-refractivity contribution in [3.63, 3.8) is 0 Å².